The predicted molar refractivity (Wildman–Crippen MR) is 125 cm³/mol. The number of hydrogen-bond acceptors (Lipinski definition) is 2. The molecule has 0 saturated carbocycles. The Morgan fingerprint density at radius 1 is 0.815 bits per heavy atom. The topological polar surface area (TPSA) is 18.5 Å². The highest BCUT2D eigenvalue weighted by Gasteiger charge is 2.47. The van der Waals surface area contributed by atoms with Crippen LogP contribution >= 0.6 is 0 Å². The van der Waals surface area contributed by atoms with Gasteiger partial charge >= 0.3 is 0 Å². The monoisotopic (exact) mass is 408 g/mol. The summed E-state index contributed by atoms with van der Waals surface area (Å²) < 4.78 is 13.1. The van der Waals surface area contributed by atoms with E-state index in [-0.39, 0.29) is 5.04 Å². The molecule has 156 valence electrons. The minimum absolute atomic E-state index is 0.267. The van der Waals surface area contributed by atoms with E-state index in [4.69, 9.17) is 8.85 Å². The molecule has 27 heavy (non-hydrogen) atoms. The first kappa shape index (κ1) is 24.5. The lowest BCUT2D eigenvalue weighted by Crippen LogP contribution is -2.50. The van der Waals surface area contributed by atoms with Crippen LogP contribution in [0.5, 0.6) is 5.75 Å². The van der Waals surface area contributed by atoms with Crippen molar-refractivity contribution in [2.45, 2.75) is 103 Å². The lowest BCUT2D eigenvalue weighted by molar-refractivity contribution is 0.292. The van der Waals surface area contributed by atoms with Crippen molar-refractivity contribution < 1.29 is 8.85 Å². The minimum atomic E-state index is -1.88. The van der Waals surface area contributed by atoms with Gasteiger partial charge in [0.1, 0.15) is 5.75 Å². The fourth-order valence-corrected chi connectivity index (χ4v) is 10.2. The second-order valence-corrected chi connectivity index (χ2v) is 20.6. The van der Waals surface area contributed by atoms with E-state index in [9.17, 15) is 0 Å². The lowest BCUT2D eigenvalue weighted by atomic mass is 10.2. The van der Waals surface area contributed by atoms with Gasteiger partial charge in [-0.15, -0.1) is 0 Å². The highest BCUT2D eigenvalue weighted by Crippen LogP contribution is 2.42. The fourth-order valence-electron chi connectivity index (χ4n) is 3.92. The largest absolute Gasteiger partial charge is 0.543 e. The van der Waals surface area contributed by atoms with Gasteiger partial charge in [-0.1, -0.05) is 74.4 Å². The number of rotatable bonds is 9. The predicted octanol–water partition coefficient (Wildman–Crippen LogP) is 7.81. The first-order valence-electron chi connectivity index (χ1n) is 10.7. The van der Waals surface area contributed by atoms with E-state index >= 15 is 0 Å². The summed E-state index contributed by atoms with van der Waals surface area (Å²) in [6, 6.07) is 8.75. The maximum absolute atomic E-state index is 6.76. The summed E-state index contributed by atoms with van der Waals surface area (Å²) in [6.45, 7) is 26.3. The van der Waals surface area contributed by atoms with Gasteiger partial charge in [0.2, 0.25) is 0 Å². The average Bonchev–Trinajstić information content (AvgIpc) is 2.51. The summed E-state index contributed by atoms with van der Waals surface area (Å²) in [5, 5.41) is 0.267. The van der Waals surface area contributed by atoms with Crippen molar-refractivity contribution in [3.8, 4) is 5.75 Å². The zero-order valence-electron chi connectivity index (χ0n) is 19.8. The molecule has 0 amide bonds. The van der Waals surface area contributed by atoms with Crippen LogP contribution in [0.15, 0.2) is 24.3 Å². The van der Waals surface area contributed by atoms with Crippen LogP contribution in [0.3, 0.4) is 0 Å². The highest BCUT2D eigenvalue weighted by molar-refractivity contribution is 6.78. The van der Waals surface area contributed by atoms with Crippen LogP contribution in [-0.2, 0) is 10.8 Å². The van der Waals surface area contributed by atoms with E-state index < -0.39 is 16.6 Å². The Labute approximate surface area is 171 Å². The SMILES string of the molecule is CC(C)[Si](Oc1ccc(CCO[Si](C)(C)C(C)(C)C)cc1)(C(C)C)C(C)C. The lowest BCUT2D eigenvalue weighted by Gasteiger charge is -2.42. The third-order valence-corrected chi connectivity index (χ3v) is 17.1. The maximum Gasteiger partial charge on any atom is 0.258 e. The Morgan fingerprint density at radius 3 is 1.63 bits per heavy atom. The molecule has 0 unspecified atom stereocenters. The molecule has 0 saturated heterocycles. The minimum Gasteiger partial charge on any atom is -0.543 e. The van der Waals surface area contributed by atoms with Gasteiger partial charge in [0.25, 0.3) is 8.32 Å². The highest BCUT2D eigenvalue weighted by atomic mass is 28.4. The van der Waals surface area contributed by atoms with Gasteiger partial charge in [0, 0.05) is 6.61 Å². The molecule has 0 radical (unpaired) electrons. The molecule has 1 aromatic rings. The molecular weight excluding hydrogens is 364 g/mol. The summed E-state index contributed by atoms with van der Waals surface area (Å²) in [5.41, 5.74) is 3.10. The molecule has 0 aliphatic rings. The van der Waals surface area contributed by atoms with E-state index in [0.29, 0.717) is 16.6 Å². The molecule has 0 N–H and O–H groups in total. The normalized spacial score (nSPS) is 13.7. The molecule has 0 bridgehead atoms. The molecule has 1 aromatic carbocycles. The molecule has 2 nitrogen and oxygen atoms in total. The molecule has 0 heterocycles. The zero-order valence-corrected chi connectivity index (χ0v) is 21.8. The molecule has 4 heteroatoms. The second-order valence-electron chi connectivity index (χ2n) is 10.4. The first-order chi connectivity index (χ1) is 12.2. The smallest absolute Gasteiger partial charge is 0.258 e. The van der Waals surface area contributed by atoms with Crippen LogP contribution in [0.1, 0.15) is 67.9 Å². The van der Waals surface area contributed by atoms with Crippen molar-refractivity contribution in [2.24, 2.45) is 0 Å². The fraction of sp³-hybridized carbons (Fsp3) is 0.739. The van der Waals surface area contributed by atoms with E-state index in [1.54, 1.807) is 0 Å². The van der Waals surface area contributed by atoms with E-state index in [1.165, 1.54) is 5.56 Å². The van der Waals surface area contributed by atoms with Gasteiger partial charge in [0.05, 0.1) is 0 Å². The molecule has 1 rings (SSSR count). The molecule has 0 fully saturated rings. The molecule has 0 aromatic heterocycles. The second kappa shape index (κ2) is 9.27. The van der Waals surface area contributed by atoms with Gasteiger partial charge in [0.15, 0.2) is 8.32 Å². The van der Waals surface area contributed by atoms with Gasteiger partial charge in [-0.3, -0.25) is 0 Å². The van der Waals surface area contributed by atoms with Crippen LogP contribution in [0.2, 0.25) is 34.8 Å². The van der Waals surface area contributed by atoms with Crippen molar-refractivity contribution in [1.29, 1.82) is 0 Å². The van der Waals surface area contributed by atoms with Gasteiger partial charge in [-0.25, -0.2) is 0 Å². The van der Waals surface area contributed by atoms with Gasteiger partial charge in [-0.2, -0.15) is 0 Å². The summed E-state index contributed by atoms with van der Waals surface area (Å²) >= 11 is 0. The zero-order chi connectivity index (χ0) is 21.0. The van der Waals surface area contributed by atoms with Crippen molar-refractivity contribution >= 4 is 16.6 Å². The van der Waals surface area contributed by atoms with Gasteiger partial charge < -0.3 is 8.85 Å². The number of hydrogen-bond donors (Lipinski definition) is 0. The van der Waals surface area contributed by atoms with E-state index in [2.05, 4.69) is 99.7 Å². The van der Waals surface area contributed by atoms with Crippen molar-refractivity contribution in [3.63, 3.8) is 0 Å². The van der Waals surface area contributed by atoms with Crippen molar-refractivity contribution in [1.82, 2.24) is 0 Å². The molecule has 0 spiro atoms. The third kappa shape index (κ3) is 5.94. The number of benzene rings is 1. The van der Waals surface area contributed by atoms with Crippen molar-refractivity contribution in [2.75, 3.05) is 6.61 Å². The van der Waals surface area contributed by atoms with Gasteiger partial charge in [-0.05, 0) is 58.9 Å². The quantitative estimate of drug-likeness (QED) is 0.388. The van der Waals surface area contributed by atoms with E-state index in [1.807, 2.05) is 0 Å². The molecule has 0 aliphatic heterocycles. The van der Waals surface area contributed by atoms with Crippen LogP contribution in [-0.4, -0.2) is 23.2 Å². The van der Waals surface area contributed by atoms with Crippen LogP contribution < -0.4 is 4.43 Å². The molecule has 0 aliphatic carbocycles. The van der Waals surface area contributed by atoms with Crippen molar-refractivity contribution in [3.05, 3.63) is 29.8 Å². The Balaban J connectivity index is 2.79. The summed E-state index contributed by atoms with van der Waals surface area (Å²) in [7, 11) is -3.53. The summed E-state index contributed by atoms with van der Waals surface area (Å²) in [6.07, 6.45) is 0.966. The maximum atomic E-state index is 6.76. The molecular formula is C23H44O2Si2. The van der Waals surface area contributed by atoms with E-state index in [0.717, 1.165) is 18.8 Å². The summed E-state index contributed by atoms with van der Waals surface area (Å²) in [5.74, 6) is 1.03. The van der Waals surface area contributed by atoms with Crippen LogP contribution in [0, 0.1) is 0 Å². The Morgan fingerprint density at radius 2 is 1.26 bits per heavy atom. The molecule has 0 atom stereocenters. The third-order valence-electron chi connectivity index (χ3n) is 6.58. The average molecular weight is 409 g/mol. The Bertz CT molecular complexity index is 547. The standard InChI is InChI=1S/C23H44O2Si2/c1-18(2)27(19(3)4,20(5)6)25-22-14-12-21(13-15-22)16-17-24-26(10,11)23(7,8)9/h12-15,18-20H,16-17H2,1-11H3. The Hall–Kier alpha value is -0.586. The Kier molecular flexibility index (Phi) is 8.40. The first-order valence-corrected chi connectivity index (χ1v) is 15.7. The summed E-state index contributed by atoms with van der Waals surface area (Å²) in [4.78, 5) is 0. The van der Waals surface area contributed by atoms with Crippen LogP contribution in [0.4, 0.5) is 0 Å². The van der Waals surface area contributed by atoms with Crippen LogP contribution in [0.25, 0.3) is 0 Å².